The van der Waals surface area contributed by atoms with Crippen LogP contribution in [0.1, 0.15) is 49.7 Å². The second-order valence-corrected chi connectivity index (χ2v) is 9.25. The molecule has 0 bridgehead atoms. The molecule has 0 saturated heterocycles. The molecular formula is C26H25NO5. The zero-order chi connectivity index (χ0) is 22.6. The topological polar surface area (TPSA) is 74.6 Å². The molecule has 1 atom stereocenters. The standard InChI is InChI=1S/C26H25NO5/c1-5-31-25(29)19-13-27-20(12-21(19)28)24-18(11-22(27)26(2,3)4)17-8-6-7-16(23(17)32-24)15-9-10-30-14-15/h6-10,12-14,22H,5,11H2,1-4H3/t22-/m0/s1. The maximum Gasteiger partial charge on any atom is 0.343 e. The first-order chi connectivity index (χ1) is 15.3. The van der Waals surface area contributed by atoms with E-state index in [1.54, 1.807) is 25.6 Å². The molecule has 1 aliphatic rings. The highest BCUT2D eigenvalue weighted by molar-refractivity contribution is 5.98. The van der Waals surface area contributed by atoms with E-state index in [1.807, 2.05) is 22.8 Å². The van der Waals surface area contributed by atoms with Crippen molar-refractivity contribution in [3.8, 4) is 22.6 Å². The highest BCUT2D eigenvalue weighted by Crippen LogP contribution is 2.47. The van der Waals surface area contributed by atoms with Crippen LogP contribution in [0.3, 0.4) is 0 Å². The van der Waals surface area contributed by atoms with Crippen LogP contribution in [0.15, 0.2) is 62.7 Å². The fraction of sp³-hybridized carbons (Fsp3) is 0.308. The molecule has 0 N–H and O–H groups in total. The number of para-hydroxylation sites is 1. The Bertz CT molecular complexity index is 1380. The first-order valence-electron chi connectivity index (χ1n) is 10.8. The van der Waals surface area contributed by atoms with Gasteiger partial charge in [-0.2, -0.15) is 0 Å². The van der Waals surface area contributed by atoms with E-state index in [1.165, 1.54) is 6.07 Å². The van der Waals surface area contributed by atoms with Gasteiger partial charge in [-0.3, -0.25) is 4.79 Å². The minimum Gasteiger partial charge on any atom is -0.472 e. The van der Waals surface area contributed by atoms with Gasteiger partial charge in [-0.05, 0) is 24.8 Å². The van der Waals surface area contributed by atoms with Crippen LogP contribution < -0.4 is 5.43 Å². The van der Waals surface area contributed by atoms with Crippen molar-refractivity contribution in [2.75, 3.05) is 6.61 Å². The highest BCUT2D eigenvalue weighted by atomic mass is 16.5. The van der Waals surface area contributed by atoms with Crippen LogP contribution in [0.25, 0.3) is 33.6 Å². The molecule has 0 fully saturated rings. The van der Waals surface area contributed by atoms with Crippen molar-refractivity contribution in [3.05, 3.63) is 70.4 Å². The van der Waals surface area contributed by atoms with Gasteiger partial charge in [0.1, 0.15) is 11.1 Å². The van der Waals surface area contributed by atoms with Gasteiger partial charge in [0.2, 0.25) is 0 Å². The first kappa shape index (κ1) is 20.4. The van der Waals surface area contributed by atoms with Gasteiger partial charge in [0.05, 0.1) is 24.8 Å². The number of carbonyl (C=O) groups is 1. The van der Waals surface area contributed by atoms with Crippen molar-refractivity contribution in [1.82, 2.24) is 4.57 Å². The Kier molecular flexibility index (Phi) is 4.62. The van der Waals surface area contributed by atoms with Crippen molar-refractivity contribution in [2.45, 2.75) is 40.2 Å². The minimum atomic E-state index is -0.599. The van der Waals surface area contributed by atoms with Crippen molar-refractivity contribution >= 4 is 16.9 Å². The van der Waals surface area contributed by atoms with Gasteiger partial charge < -0.3 is 18.1 Å². The van der Waals surface area contributed by atoms with Gasteiger partial charge in [-0.1, -0.05) is 39.0 Å². The van der Waals surface area contributed by atoms with Gasteiger partial charge in [0, 0.05) is 40.4 Å². The molecule has 0 aliphatic carbocycles. The van der Waals surface area contributed by atoms with Crippen LogP contribution in [0.5, 0.6) is 0 Å². The summed E-state index contributed by atoms with van der Waals surface area (Å²) in [5.41, 5.74) is 3.95. The third kappa shape index (κ3) is 3.09. The third-order valence-corrected chi connectivity index (χ3v) is 6.19. The fourth-order valence-corrected chi connectivity index (χ4v) is 4.59. The summed E-state index contributed by atoms with van der Waals surface area (Å²) in [7, 11) is 0. The predicted molar refractivity (Wildman–Crippen MR) is 122 cm³/mol. The highest BCUT2D eigenvalue weighted by Gasteiger charge is 2.36. The summed E-state index contributed by atoms with van der Waals surface area (Å²) < 4.78 is 18.8. The number of esters is 1. The average molecular weight is 431 g/mol. The van der Waals surface area contributed by atoms with Crippen molar-refractivity contribution in [1.29, 1.82) is 0 Å². The number of carbonyl (C=O) groups excluding carboxylic acids is 1. The lowest BCUT2D eigenvalue weighted by molar-refractivity contribution is 0.0523. The molecular weight excluding hydrogens is 406 g/mol. The van der Waals surface area contributed by atoms with E-state index in [4.69, 9.17) is 13.6 Å². The molecule has 32 heavy (non-hydrogen) atoms. The van der Waals surface area contributed by atoms with Crippen molar-refractivity contribution in [3.63, 3.8) is 0 Å². The van der Waals surface area contributed by atoms with E-state index in [-0.39, 0.29) is 29.1 Å². The largest absolute Gasteiger partial charge is 0.472 e. The molecule has 1 aromatic carbocycles. The molecule has 0 radical (unpaired) electrons. The normalized spacial score (nSPS) is 15.4. The Balaban J connectivity index is 1.79. The summed E-state index contributed by atoms with van der Waals surface area (Å²) in [6, 6.07) is 9.50. The molecule has 6 nitrogen and oxygen atoms in total. The summed E-state index contributed by atoms with van der Waals surface area (Å²) in [5.74, 6) is 0.0714. The van der Waals surface area contributed by atoms with Crippen LogP contribution >= 0.6 is 0 Å². The smallest absolute Gasteiger partial charge is 0.343 e. The SMILES string of the molecule is CCOC(=O)c1cn2c(cc1=O)-c1oc3c(-c4ccoc4)cccc3c1C[C@H]2C(C)(C)C. The van der Waals surface area contributed by atoms with Crippen molar-refractivity contribution in [2.24, 2.45) is 5.41 Å². The van der Waals surface area contributed by atoms with E-state index in [9.17, 15) is 9.59 Å². The average Bonchev–Trinajstić information content (AvgIpc) is 3.40. The number of furan rings is 2. The molecule has 0 amide bonds. The van der Waals surface area contributed by atoms with Gasteiger partial charge in [0.15, 0.2) is 11.2 Å². The van der Waals surface area contributed by atoms with Crippen LogP contribution in [-0.2, 0) is 11.2 Å². The molecule has 6 heteroatoms. The van der Waals surface area contributed by atoms with Crippen LogP contribution in [0.2, 0.25) is 0 Å². The predicted octanol–water partition coefficient (Wildman–Crippen LogP) is 5.84. The summed E-state index contributed by atoms with van der Waals surface area (Å²) in [6.07, 6.45) is 5.69. The van der Waals surface area contributed by atoms with E-state index in [0.717, 1.165) is 34.1 Å². The monoisotopic (exact) mass is 431 g/mol. The number of fused-ring (bicyclic) bond motifs is 5. The van der Waals surface area contributed by atoms with E-state index in [2.05, 4.69) is 26.8 Å². The molecule has 164 valence electrons. The van der Waals surface area contributed by atoms with E-state index in [0.29, 0.717) is 11.5 Å². The Labute approximate surface area is 185 Å². The molecule has 0 unspecified atom stereocenters. The number of aromatic nitrogens is 1. The molecule has 4 aromatic rings. The zero-order valence-electron chi connectivity index (χ0n) is 18.6. The van der Waals surface area contributed by atoms with Crippen LogP contribution in [-0.4, -0.2) is 17.1 Å². The first-order valence-corrected chi connectivity index (χ1v) is 10.8. The van der Waals surface area contributed by atoms with E-state index < -0.39 is 5.97 Å². The number of rotatable bonds is 3. The Morgan fingerprint density at radius 3 is 2.75 bits per heavy atom. The van der Waals surface area contributed by atoms with Crippen molar-refractivity contribution < 1.29 is 18.4 Å². The summed E-state index contributed by atoms with van der Waals surface area (Å²) >= 11 is 0. The molecule has 3 aromatic heterocycles. The Hall–Kier alpha value is -3.54. The van der Waals surface area contributed by atoms with Gasteiger partial charge >= 0.3 is 5.97 Å². The number of ether oxygens (including phenoxy) is 1. The molecule has 5 rings (SSSR count). The fourth-order valence-electron chi connectivity index (χ4n) is 4.59. The molecule has 1 aliphatic heterocycles. The summed E-state index contributed by atoms with van der Waals surface area (Å²) in [5, 5.41) is 1.03. The number of nitrogens with zero attached hydrogens (tertiary/aromatic N) is 1. The number of benzene rings is 1. The van der Waals surface area contributed by atoms with E-state index >= 15 is 0 Å². The molecule has 0 spiro atoms. The molecule has 0 saturated carbocycles. The number of pyridine rings is 1. The third-order valence-electron chi connectivity index (χ3n) is 6.19. The quantitative estimate of drug-likeness (QED) is 0.381. The lowest BCUT2D eigenvalue weighted by Gasteiger charge is -2.37. The number of hydrogen-bond acceptors (Lipinski definition) is 5. The Morgan fingerprint density at radius 2 is 2.06 bits per heavy atom. The maximum absolute atomic E-state index is 12.9. The lowest BCUT2D eigenvalue weighted by Crippen LogP contribution is -2.32. The summed E-state index contributed by atoms with van der Waals surface area (Å²) in [6.45, 7) is 8.42. The van der Waals surface area contributed by atoms with Gasteiger partial charge in [-0.25, -0.2) is 4.79 Å². The second kappa shape index (κ2) is 7.26. The second-order valence-electron chi connectivity index (χ2n) is 9.25. The van der Waals surface area contributed by atoms with Gasteiger partial charge in [-0.15, -0.1) is 0 Å². The Morgan fingerprint density at radius 1 is 1.25 bits per heavy atom. The number of hydrogen-bond donors (Lipinski definition) is 0. The van der Waals surface area contributed by atoms with Crippen LogP contribution in [0.4, 0.5) is 0 Å². The van der Waals surface area contributed by atoms with Gasteiger partial charge in [0.25, 0.3) is 0 Å². The zero-order valence-corrected chi connectivity index (χ0v) is 18.6. The minimum absolute atomic E-state index is 0.0251. The lowest BCUT2D eigenvalue weighted by atomic mass is 9.79. The maximum atomic E-state index is 12.9. The summed E-state index contributed by atoms with van der Waals surface area (Å²) in [4.78, 5) is 25.3. The van der Waals surface area contributed by atoms with Crippen LogP contribution in [0, 0.1) is 5.41 Å². The molecule has 4 heterocycles.